The summed E-state index contributed by atoms with van der Waals surface area (Å²) < 4.78 is 30.3. The molecule has 0 atom stereocenters. The Morgan fingerprint density at radius 2 is 2.00 bits per heavy atom. The first kappa shape index (κ1) is 12.0. The fourth-order valence-corrected chi connectivity index (χ4v) is 1.61. The smallest absolute Gasteiger partial charge is 0.360 e. The van der Waals surface area contributed by atoms with Gasteiger partial charge in [-0.15, -0.1) is 0 Å². The molecule has 0 spiro atoms. The molecule has 9 heteroatoms. The first-order valence-corrected chi connectivity index (χ1v) is 5.25. The van der Waals surface area contributed by atoms with Crippen LogP contribution in [0.25, 0.3) is 5.53 Å². The Bertz CT molecular complexity index is 588. The normalized spacial score (nSPS) is 10.6. The predicted octanol–water partition coefficient (Wildman–Crippen LogP) is 0.459. The second-order valence-corrected chi connectivity index (χ2v) is 3.99. The third kappa shape index (κ3) is 2.28. The van der Waals surface area contributed by atoms with E-state index in [-0.39, 0.29) is 0 Å². The van der Waals surface area contributed by atoms with Crippen LogP contribution in [0, 0.1) is 10.1 Å². The van der Waals surface area contributed by atoms with Crippen molar-refractivity contribution < 1.29 is 22.7 Å². The van der Waals surface area contributed by atoms with Crippen LogP contribution in [0.2, 0.25) is 0 Å². The van der Waals surface area contributed by atoms with Gasteiger partial charge in [0.2, 0.25) is 0 Å². The van der Waals surface area contributed by atoms with Crippen molar-refractivity contribution in [2.75, 3.05) is 0 Å². The minimum atomic E-state index is -4.83. The zero-order chi connectivity index (χ0) is 12.3. The topological polar surface area (TPSA) is 134 Å². The standard InChI is InChI=1S/C7H5N3O5S/c8-9-7(16(13,14)15)5-3-1-2-4-6(5)10(11)12/h1-4H,(H,13,14,15). The van der Waals surface area contributed by atoms with Gasteiger partial charge in [0.1, 0.15) is 0 Å². The summed E-state index contributed by atoms with van der Waals surface area (Å²) in [5.74, 6) is 0. The number of para-hydroxylation sites is 1. The molecule has 0 bridgehead atoms. The van der Waals surface area contributed by atoms with E-state index < -0.39 is 31.3 Å². The second-order valence-electron chi connectivity index (χ2n) is 2.65. The maximum Gasteiger partial charge on any atom is 0.444 e. The summed E-state index contributed by atoms with van der Waals surface area (Å²) >= 11 is 0. The Labute approximate surface area is 89.7 Å². The molecule has 1 aromatic rings. The number of rotatable bonds is 2. The largest absolute Gasteiger partial charge is 0.444 e. The van der Waals surface area contributed by atoms with Crippen LogP contribution in [0.4, 0.5) is 5.69 Å². The summed E-state index contributed by atoms with van der Waals surface area (Å²) in [7, 11) is -4.83. The van der Waals surface area contributed by atoms with Gasteiger partial charge in [-0.05, 0) is 6.07 Å². The van der Waals surface area contributed by atoms with Gasteiger partial charge in [0.15, 0.2) is 5.56 Å². The van der Waals surface area contributed by atoms with Crippen LogP contribution in [0.1, 0.15) is 5.56 Å². The number of nitro groups is 1. The van der Waals surface area contributed by atoms with Crippen LogP contribution in [-0.2, 0) is 10.1 Å². The minimum Gasteiger partial charge on any atom is -0.360 e. The summed E-state index contributed by atoms with van der Waals surface area (Å²) in [6, 6.07) is 4.67. The Balaban J connectivity index is 3.57. The van der Waals surface area contributed by atoms with E-state index in [0.29, 0.717) is 0 Å². The van der Waals surface area contributed by atoms with Gasteiger partial charge >= 0.3 is 15.2 Å². The Morgan fingerprint density at radius 3 is 2.44 bits per heavy atom. The molecule has 0 saturated carbocycles. The molecule has 0 aliphatic carbocycles. The van der Waals surface area contributed by atoms with E-state index in [0.717, 1.165) is 12.1 Å². The van der Waals surface area contributed by atoms with Crippen molar-refractivity contribution in [3.8, 4) is 0 Å². The lowest BCUT2D eigenvalue weighted by molar-refractivity contribution is -0.385. The molecule has 1 N–H and O–H groups in total. The first-order chi connectivity index (χ1) is 7.38. The van der Waals surface area contributed by atoms with Crippen LogP contribution in [0.3, 0.4) is 0 Å². The molecule has 0 aromatic heterocycles. The average Bonchev–Trinajstić information content (AvgIpc) is 2.17. The second kappa shape index (κ2) is 4.19. The molecule has 8 nitrogen and oxygen atoms in total. The van der Waals surface area contributed by atoms with Gasteiger partial charge in [-0.3, -0.25) is 14.7 Å². The number of benzene rings is 1. The lowest BCUT2D eigenvalue weighted by atomic mass is 10.2. The SMILES string of the molecule is [N-]=[N+]=C(c1ccccc1[N+](=O)[O-])S(=O)(=O)O. The molecular weight excluding hydrogens is 238 g/mol. The molecule has 1 rings (SSSR count). The van der Waals surface area contributed by atoms with E-state index in [9.17, 15) is 18.5 Å². The van der Waals surface area contributed by atoms with Gasteiger partial charge in [-0.2, -0.15) is 13.2 Å². The van der Waals surface area contributed by atoms with E-state index in [2.05, 4.69) is 4.79 Å². The van der Waals surface area contributed by atoms with Crippen LogP contribution in [-0.4, -0.2) is 27.7 Å². The maximum atomic E-state index is 10.8. The van der Waals surface area contributed by atoms with Crippen LogP contribution < -0.4 is 0 Å². The number of hydrogen-bond donors (Lipinski definition) is 1. The number of hydrogen-bond acceptors (Lipinski definition) is 4. The third-order valence-corrected chi connectivity index (χ3v) is 2.46. The fraction of sp³-hybridized carbons (Fsp3) is 0. The lowest BCUT2D eigenvalue weighted by Gasteiger charge is -1.95. The molecule has 0 aliphatic rings. The fourth-order valence-electron chi connectivity index (χ4n) is 1.06. The Kier molecular flexibility index (Phi) is 3.14. The van der Waals surface area contributed by atoms with Crippen LogP contribution in [0.15, 0.2) is 24.3 Å². The van der Waals surface area contributed by atoms with Gasteiger partial charge in [0, 0.05) is 6.07 Å². The van der Waals surface area contributed by atoms with Crippen molar-refractivity contribution in [2.24, 2.45) is 0 Å². The highest BCUT2D eigenvalue weighted by atomic mass is 32.2. The zero-order valence-electron chi connectivity index (χ0n) is 7.64. The summed E-state index contributed by atoms with van der Waals surface area (Å²) in [5.41, 5.74) is 7.37. The van der Waals surface area contributed by atoms with Gasteiger partial charge in [-0.25, -0.2) is 0 Å². The van der Waals surface area contributed by atoms with E-state index in [1.54, 1.807) is 0 Å². The van der Waals surface area contributed by atoms with Crippen molar-refractivity contribution in [3.63, 3.8) is 0 Å². The molecule has 0 unspecified atom stereocenters. The molecule has 1 aromatic carbocycles. The van der Waals surface area contributed by atoms with Crippen molar-refractivity contribution in [2.45, 2.75) is 0 Å². The molecule has 16 heavy (non-hydrogen) atoms. The molecule has 0 saturated heterocycles. The highest BCUT2D eigenvalue weighted by molar-refractivity contribution is 8.01. The number of nitrogens with zero attached hydrogens (tertiary/aromatic N) is 3. The van der Waals surface area contributed by atoms with Crippen molar-refractivity contribution >= 4 is 20.8 Å². The predicted molar refractivity (Wildman–Crippen MR) is 52.4 cm³/mol. The van der Waals surface area contributed by atoms with E-state index in [4.69, 9.17) is 10.1 Å². The average molecular weight is 243 g/mol. The van der Waals surface area contributed by atoms with E-state index >= 15 is 0 Å². The summed E-state index contributed by atoms with van der Waals surface area (Å²) in [4.78, 5) is 12.1. The van der Waals surface area contributed by atoms with Crippen LogP contribution in [0.5, 0.6) is 0 Å². The van der Waals surface area contributed by atoms with Gasteiger partial charge in [0.25, 0.3) is 5.69 Å². The van der Waals surface area contributed by atoms with E-state index in [1.807, 2.05) is 0 Å². The van der Waals surface area contributed by atoms with E-state index in [1.165, 1.54) is 12.1 Å². The minimum absolute atomic E-state index is 0.488. The first-order valence-electron chi connectivity index (χ1n) is 3.81. The zero-order valence-corrected chi connectivity index (χ0v) is 8.46. The Morgan fingerprint density at radius 1 is 1.44 bits per heavy atom. The lowest BCUT2D eigenvalue weighted by Crippen LogP contribution is -2.17. The highest BCUT2D eigenvalue weighted by Gasteiger charge is 2.34. The van der Waals surface area contributed by atoms with Gasteiger partial charge in [0.05, 0.1) is 4.92 Å². The third-order valence-electron chi connectivity index (χ3n) is 1.67. The molecule has 0 aliphatic heterocycles. The monoisotopic (exact) mass is 243 g/mol. The molecule has 0 fully saturated rings. The summed E-state index contributed by atoms with van der Waals surface area (Å²) in [6.45, 7) is 0. The molecule has 0 amide bonds. The highest BCUT2D eigenvalue weighted by Crippen LogP contribution is 2.19. The Hall–Kier alpha value is -2.09. The van der Waals surface area contributed by atoms with Crippen molar-refractivity contribution in [1.82, 2.24) is 0 Å². The van der Waals surface area contributed by atoms with Crippen molar-refractivity contribution in [1.29, 1.82) is 0 Å². The van der Waals surface area contributed by atoms with Crippen LogP contribution >= 0.6 is 0 Å². The van der Waals surface area contributed by atoms with Gasteiger partial charge in [-0.1, -0.05) is 12.1 Å². The quantitative estimate of drug-likeness (QED) is 0.153. The van der Waals surface area contributed by atoms with Gasteiger partial charge < -0.3 is 5.53 Å². The number of nitro benzene ring substituents is 1. The molecule has 0 radical (unpaired) electrons. The van der Waals surface area contributed by atoms with Crippen molar-refractivity contribution in [3.05, 3.63) is 45.5 Å². The molecule has 0 heterocycles. The molecule has 84 valence electrons. The summed E-state index contributed by atoms with van der Waals surface area (Å²) in [5, 5.41) is 9.39. The maximum absolute atomic E-state index is 10.8. The molecular formula is C7H5N3O5S. The summed E-state index contributed by atoms with van der Waals surface area (Å²) in [6.07, 6.45) is 0.